The Morgan fingerprint density at radius 2 is 2.05 bits per heavy atom. The standard InChI is InChI=1S/C13H12N2O3S/c14-7-8-5-6-19-12(8)15-11(16)9-3-1-2-4-10(9)13(17)18/h1-2,5-6,9-10H,3-4H2,(H,15,16)(H,17,18)/t9-,10-/m1/s1. The molecule has 5 nitrogen and oxygen atoms in total. The minimum Gasteiger partial charge on any atom is -0.481 e. The third-order valence-corrected chi connectivity index (χ3v) is 3.94. The zero-order valence-electron chi connectivity index (χ0n) is 10.00. The topological polar surface area (TPSA) is 90.2 Å². The van der Waals surface area contributed by atoms with Crippen LogP contribution in [0.15, 0.2) is 23.6 Å². The highest BCUT2D eigenvalue weighted by atomic mass is 32.1. The van der Waals surface area contributed by atoms with Crippen LogP contribution in [0.2, 0.25) is 0 Å². The van der Waals surface area contributed by atoms with E-state index in [0.717, 1.165) is 0 Å². The number of carboxylic acid groups (broad SMARTS) is 1. The molecule has 2 atom stereocenters. The van der Waals surface area contributed by atoms with E-state index in [9.17, 15) is 9.59 Å². The summed E-state index contributed by atoms with van der Waals surface area (Å²) in [5, 5.41) is 22.8. The summed E-state index contributed by atoms with van der Waals surface area (Å²) in [6.45, 7) is 0. The van der Waals surface area contributed by atoms with E-state index in [1.807, 2.05) is 12.1 Å². The third-order valence-electron chi connectivity index (χ3n) is 3.11. The first-order valence-electron chi connectivity index (χ1n) is 5.79. The van der Waals surface area contributed by atoms with Crippen LogP contribution < -0.4 is 5.32 Å². The van der Waals surface area contributed by atoms with Gasteiger partial charge in [-0.15, -0.1) is 11.3 Å². The van der Waals surface area contributed by atoms with E-state index in [1.54, 1.807) is 17.5 Å². The first kappa shape index (κ1) is 13.3. The molecule has 0 aliphatic heterocycles. The molecule has 0 aromatic carbocycles. The average Bonchev–Trinajstić information content (AvgIpc) is 2.85. The molecule has 2 N–H and O–H groups in total. The van der Waals surface area contributed by atoms with E-state index >= 15 is 0 Å². The lowest BCUT2D eigenvalue weighted by atomic mass is 9.82. The average molecular weight is 276 g/mol. The first-order chi connectivity index (χ1) is 9.13. The van der Waals surface area contributed by atoms with Crippen LogP contribution >= 0.6 is 11.3 Å². The Hall–Kier alpha value is -2.13. The van der Waals surface area contributed by atoms with Crippen molar-refractivity contribution >= 4 is 28.2 Å². The maximum Gasteiger partial charge on any atom is 0.307 e. The van der Waals surface area contributed by atoms with Crippen LogP contribution in [0.1, 0.15) is 18.4 Å². The maximum absolute atomic E-state index is 12.1. The second-order valence-corrected chi connectivity index (χ2v) is 5.17. The van der Waals surface area contributed by atoms with Gasteiger partial charge in [-0.25, -0.2) is 0 Å². The van der Waals surface area contributed by atoms with Gasteiger partial charge < -0.3 is 10.4 Å². The van der Waals surface area contributed by atoms with Crippen LogP contribution in [-0.2, 0) is 9.59 Å². The molecule has 1 aromatic rings. The molecular weight excluding hydrogens is 264 g/mol. The molecule has 0 bridgehead atoms. The Labute approximate surface area is 114 Å². The summed E-state index contributed by atoms with van der Waals surface area (Å²) in [4.78, 5) is 23.3. The molecule has 0 radical (unpaired) electrons. The van der Waals surface area contributed by atoms with Crippen molar-refractivity contribution in [3.63, 3.8) is 0 Å². The molecule has 98 valence electrons. The molecule has 0 unspecified atom stereocenters. The van der Waals surface area contributed by atoms with Crippen LogP contribution in [0.25, 0.3) is 0 Å². The number of carbonyl (C=O) groups is 2. The fraction of sp³-hybridized carbons (Fsp3) is 0.308. The summed E-state index contributed by atoms with van der Waals surface area (Å²) < 4.78 is 0. The van der Waals surface area contributed by atoms with Crippen molar-refractivity contribution in [1.82, 2.24) is 0 Å². The van der Waals surface area contributed by atoms with Gasteiger partial charge in [0.15, 0.2) is 0 Å². The number of anilines is 1. The van der Waals surface area contributed by atoms with Crippen molar-refractivity contribution in [3.05, 3.63) is 29.2 Å². The van der Waals surface area contributed by atoms with E-state index in [0.29, 0.717) is 23.4 Å². The van der Waals surface area contributed by atoms with Gasteiger partial charge in [0, 0.05) is 0 Å². The minimum atomic E-state index is -0.962. The Bertz CT molecular complexity index is 571. The van der Waals surface area contributed by atoms with Crippen LogP contribution in [0.3, 0.4) is 0 Å². The minimum absolute atomic E-state index is 0.337. The number of nitriles is 1. The number of hydrogen-bond donors (Lipinski definition) is 2. The van der Waals surface area contributed by atoms with E-state index in [2.05, 4.69) is 5.32 Å². The molecule has 1 aliphatic carbocycles. The van der Waals surface area contributed by atoms with Crippen LogP contribution in [0.4, 0.5) is 5.00 Å². The van der Waals surface area contributed by atoms with Crippen molar-refractivity contribution in [1.29, 1.82) is 5.26 Å². The normalized spacial score (nSPS) is 21.6. The van der Waals surface area contributed by atoms with Gasteiger partial charge >= 0.3 is 5.97 Å². The SMILES string of the molecule is N#Cc1ccsc1NC(=O)[C@@H]1CC=CC[C@H]1C(=O)O. The predicted molar refractivity (Wildman–Crippen MR) is 70.7 cm³/mol. The lowest BCUT2D eigenvalue weighted by molar-refractivity contribution is -0.146. The van der Waals surface area contributed by atoms with Gasteiger partial charge in [-0.3, -0.25) is 9.59 Å². The summed E-state index contributed by atoms with van der Waals surface area (Å²) in [5.41, 5.74) is 0.400. The van der Waals surface area contributed by atoms with Gasteiger partial charge in [0.2, 0.25) is 5.91 Å². The number of carbonyl (C=O) groups excluding carboxylic acids is 1. The highest BCUT2D eigenvalue weighted by Gasteiger charge is 2.34. The molecule has 0 spiro atoms. The van der Waals surface area contributed by atoms with Crippen LogP contribution in [0.5, 0.6) is 0 Å². The number of nitrogens with one attached hydrogen (secondary N) is 1. The lowest BCUT2D eigenvalue weighted by Gasteiger charge is -2.23. The Morgan fingerprint density at radius 3 is 2.68 bits per heavy atom. The van der Waals surface area contributed by atoms with E-state index in [-0.39, 0.29) is 5.91 Å². The van der Waals surface area contributed by atoms with Crippen molar-refractivity contribution in [2.45, 2.75) is 12.8 Å². The van der Waals surface area contributed by atoms with E-state index in [4.69, 9.17) is 10.4 Å². The third kappa shape index (κ3) is 2.83. The number of nitrogens with zero attached hydrogens (tertiary/aromatic N) is 1. The smallest absolute Gasteiger partial charge is 0.307 e. The highest BCUT2D eigenvalue weighted by Crippen LogP contribution is 2.29. The molecule has 2 rings (SSSR count). The van der Waals surface area contributed by atoms with Gasteiger partial charge in [0.1, 0.15) is 11.1 Å². The zero-order valence-corrected chi connectivity index (χ0v) is 10.8. The molecule has 1 aliphatic rings. The molecule has 19 heavy (non-hydrogen) atoms. The van der Waals surface area contributed by atoms with Gasteiger partial charge in [-0.2, -0.15) is 5.26 Å². The molecule has 0 saturated heterocycles. The summed E-state index contributed by atoms with van der Waals surface area (Å²) in [5.74, 6) is -2.58. The number of amides is 1. The molecule has 1 heterocycles. The van der Waals surface area contributed by atoms with E-state index in [1.165, 1.54) is 11.3 Å². The molecule has 0 fully saturated rings. The molecular formula is C13H12N2O3S. The summed E-state index contributed by atoms with van der Waals surface area (Å²) in [6.07, 6.45) is 4.39. The summed E-state index contributed by atoms with van der Waals surface area (Å²) in [7, 11) is 0. The number of hydrogen-bond acceptors (Lipinski definition) is 4. The van der Waals surface area contributed by atoms with Crippen molar-refractivity contribution in [2.24, 2.45) is 11.8 Å². The monoisotopic (exact) mass is 276 g/mol. The van der Waals surface area contributed by atoms with Gasteiger partial charge in [-0.1, -0.05) is 12.2 Å². The predicted octanol–water partition coefficient (Wildman–Crippen LogP) is 2.23. The highest BCUT2D eigenvalue weighted by molar-refractivity contribution is 7.14. The Morgan fingerprint density at radius 1 is 1.37 bits per heavy atom. The number of aliphatic carboxylic acids is 1. The van der Waals surface area contributed by atoms with Crippen molar-refractivity contribution in [2.75, 3.05) is 5.32 Å². The number of carboxylic acids is 1. The van der Waals surface area contributed by atoms with Gasteiger partial charge in [0.25, 0.3) is 0 Å². The Kier molecular flexibility index (Phi) is 3.97. The molecule has 1 amide bonds. The second-order valence-electron chi connectivity index (χ2n) is 4.26. The van der Waals surface area contributed by atoms with Gasteiger partial charge in [0.05, 0.1) is 17.4 Å². The fourth-order valence-electron chi connectivity index (χ4n) is 2.08. The van der Waals surface area contributed by atoms with Crippen LogP contribution in [-0.4, -0.2) is 17.0 Å². The maximum atomic E-state index is 12.1. The number of thiophene rings is 1. The lowest BCUT2D eigenvalue weighted by Crippen LogP contribution is -2.34. The molecule has 0 saturated carbocycles. The number of allylic oxidation sites excluding steroid dienone is 2. The second kappa shape index (κ2) is 5.67. The van der Waals surface area contributed by atoms with Crippen molar-refractivity contribution < 1.29 is 14.7 Å². The van der Waals surface area contributed by atoms with Gasteiger partial charge in [-0.05, 0) is 24.3 Å². The fourth-order valence-corrected chi connectivity index (χ4v) is 2.82. The largest absolute Gasteiger partial charge is 0.481 e. The first-order valence-corrected chi connectivity index (χ1v) is 6.67. The van der Waals surface area contributed by atoms with Crippen molar-refractivity contribution in [3.8, 4) is 6.07 Å². The Balaban J connectivity index is 2.13. The summed E-state index contributed by atoms with van der Waals surface area (Å²) >= 11 is 1.26. The molecule has 6 heteroatoms. The number of rotatable bonds is 3. The van der Waals surface area contributed by atoms with E-state index < -0.39 is 17.8 Å². The summed E-state index contributed by atoms with van der Waals surface area (Å²) in [6, 6.07) is 3.60. The van der Waals surface area contributed by atoms with Crippen LogP contribution in [0, 0.1) is 23.2 Å². The molecule has 1 aromatic heterocycles. The zero-order chi connectivity index (χ0) is 13.8. The quantitative estimate of drug-likeness (QED) is 0.828.